The number of rotatable bonds is 0. The van der Waals surface area contributed by atoms with Crippen LogP contribution in [0.4, 0.5) is 0 Å². The zero-order valence-electron chi connectivity index (χ0n) is 5.28. The third kappa shape index (κ3) is 6.31. The van der Waals surface area contributed by atoms with Crippen molar-refractivity contribution in [3.05, 3.63) is 30.1 Å². The Balaban J connectivity index is 0.000000292. The van der Waals surface area contributed by atoms with Crippen molar-refractivity contribution in [1.29, 1.82) is 5.26 Å². The van der Waals surface area contributed by atoms with Crippen LogP contribution in [-0.2, 0) is 16.5 Å². The normalized spacial score (nSPS) is 7.73. The van der Waals surface area contributed by atoms with Crippen LogP contribution in [0.3, 0.4) is 0 Å². The van der Waals surface area contributed by atoms with E-state index in [1.54, 1.807) is 24.5 Å². The van der Waals surface area contributed by atoms with Gasteiger partial charge in [0.2, 0.25) is 0 Å². The number of hydrogen-bond acceptors (Lipinski definition) is 2. The van der Waals surface area contributed by atoms with Gasteiger partial charge in [0.05, 0.1) is 11.6 Å². The first-order valence-corrected chi connectivity index (χ1v) is 8.10. The van der Waals surface area contributed by atoms with Crippen LogP contribution in [0.25, 0.3) is 0 Å². The Hall–Kier alpha value is -0.0917. The molecule has 11 heavy (non-hydrogen) atoms. The third-order valence-corrected chi connectivity index (χ3v) is 0.809. The molecular formula is C6H4Cl2N2Pt. The molecule has 1 aromatic rings. The fourth-order valence-corrected chi connectivity index (χ4v) is 0.426. The van der Waals surface area contributed by atoms with Crippen LogP contribution in [0.2, 0.25) is 0 Å². The van der Waals surface area contributed by atoms with Crippen molar-refractivity contribution in [3.63, 3.8) is 0 Å². The van der Waals surface area contributed by atoms with E-state index in [0.717, 1.165) is 0 Å². The van der Waals surface area contributed by atoms with Crippen LogP contribution < -0.4 is 0 Å². The second kappa shape index (κ2) is 8.01. The number of nitriles is 1. The van der Waals surface area contributed by atoms with Gasteiger partial charge in [-0.1, -0.05) is 0 Å². The molecule has 0 saturated carbocycles. The zero-order chi connectivity index (χ0) is 8.53. The van der Waals surface area contributed by atoms with E-state index in [-0.39, 0.29) is 0 Å². The summed E-state index contributed by atoms with van der Waals surface area (Å²) in [5, 5.41) is 8.26. The number of pyridine rings is 1. The maximum atomic E-state index is 8.26. The van der Waals surface area contributed by atoms with Gasteiger partial charge >= 0.3 is 35.3 Å². The fourth-order valence-electron chi connectivity index (χ4n) is 0.426. The topological polar surface area (TPSA) is 36.7 Å². The zero-order valence-corrected chi connectivity index (χ0v) is 9.06. The molecule has 2 nitrogen and oxygen atoms in total. The summed E-state index contributed by atoms with van der Waals surface area (Å²) in [6.45, 7) is 0. The van der Waals surface area contributed by atoms with Crippen LogP contribution in [0, 0.1) is 11.3 Å². The van der Waals surface area contributed by atoms with E-state index in [9.17, 15) is 0 Å². The van der Waals surface area contributed by atoms with Gasteiger partial charge in [-0.15, -0.1) is 0 Å². The number of hydrogen-bond donors (Lipinski definition) is 0. The second-order valence-electron chi connectivity index (χ2n) is 1.39. The minimum atomic E-state index is -0.472. The molecule has 0 saturated heterocycles. The van der Waals surface area contributed by atoms with Crippen molar-refractivity contribution in [2.24, 2.45) is 0 Å². The van der Waals surface area contributed by atoms with Gasteiger partial charge in [0.15, 0.2) is 0 Å². The average Bonchev–Trinajstić information content (AvgIpc) is 2.08. The Bertz CT molecular complexity index is 222. The quantitative estimate of drug-likeness (QED) is 0.703. The number of aromatic nitrogens is 1. The van der Waals surface area contributed by atoms with Crippen molar-refractivity contribution in [2.45, 2.75) is 0 Å². The van der Waals surface area contributed by atoms with Gasteiger partial charge in [0, 0.05) is 12.4 Å². The molecule has 0 amide bonds. The number of nitrogens with zero attached hydrogens (tertiary/aromatic N) is 2. The fraction of sp³-hybridized carbons (Fsp3) is 0. The molecule has 0 bridgehead atoms. The van der Waals surface area contributed by atoms with E-state index in [1.165, 1.54) is 0 Å². The molecule has 0 unspecified atom stereocenters. The van der Waals surface area contributed by atoms with Crippen LogP contribution >= 0.6 is 18.8 Å². The Morgan fingerprint density at radius 2 is 1.82 bits per heavy atom. The SMILES string of the molecule is N#Cc1ccncc1.[Cl][Pt][Cl]. The van der Waals surface area contributed by atoms with E-state index < -0.39 is 16.5 Å². The predicted molar refractivity (Wildman–Crippen MR) is 40.7 cm³/mol. The van der Waals surface area contributed by atoms with Crippen molar-refractivity contribution < 1.29 is 16.5 Å². The van der Waals surface area contributed by atoms with Gasteiger partial charge in [-0.2, -0.15) is 5.26 Å². The third-order valence-electron chi connectivity index (χ3n) is 0.809. The van der Waals surface area contributed by atoms with E-state index in [2.05, 4.69) is 4.98 Å². The van der Waals surface area contributed by atoms with Gasteiger partial charge in [-0.25, -0.2) is 0 Å². The molecule has 0 atom stereocenters. The summed E-state index contributed by atoms with van der Waals surface area (Å²) in [6, 6.07) is 5.32. The van der Waals surface area contributed by atoms with Crippen LogP contribution in [0.5, 0.6) is 0 Å². The molecule has 0 aliphatic carbocycles. The molecule has 0 N–H and O–H groups in total. The molecule has 0 spiro atoms. The maximum absolute atomic E-state index is 8.26. The van der Waals surface area contributed by atoms with Crippen LogP contribution in [-0.4, -0.2) is 4.98 Å². The summed E-state index contributed by atoms with van der Waals surface area (Å²) >= 11 is -0.472. The minimum absolute atomic E-state index is 0.472. The molecule has 0 aliphatic rings. The molecule has 1 rings (SSSR count). The monoisotopic (exact) mass is 369 g/mol. The first-order valence-electron chi connectivity index (χ1n) is 2.47. The number of halogens is 2. The van der Waals surface area contributed by atoms with E-state index in [1.807, 2.05) is 6.07 Å². The summed E-state index contributed by atoms with van der Waals surface area (Å²) < 4.78 is 0. The molecule has 5 heteroatoms. The molecular weight excluding hydrogens is 366 g/mol. The van der Waals surface area contributed by atoms with Crippen molar-refractivity contribution >= 4 is 18.8 Å². The predicted octanol–water partition coefficient (Wildman–Crippen LogP) is 2.33. The Morgan fingerprint density at radius 1 is 1.36 bits per heavy atom. The summed E-state index contributed by atoms with van der Waals surface area (Å²) in [6.07, 6.45) is 3.19. The van der Waals surface area contributed by atoms with Crippen molar-refractivity contribution in [3.8, 4) is 6.07 Å². The first-order chi connectivity index (χ1) is 5.35. The molecule has 62 valence electrons. The summed E-state index contributed by atoms with van der Waals surface area (Å²) in [5.74, 6) is 0. The summed E-state index contributed by atoms with van der Waals surface area (Å²) in [4.78, 5) is 3.74. The molecule has 0 radical (unpaired) electrons. The van der Waals surface area contributed by atoms with E-state index >= 15 is 0 Å². The standard InChI is InChI=1S/C6H4N2.2ClH.Pt/c7-5-6-1-3-8-4-2-6;;;/h1-4H;2*1H;/q;;;+2/p-2. The van der Waals surface area contributed by atoms with Gasteiger partial charge < -0.3 is 0 Å². The van der Waals surface area contributed by atoms with E-state index in [4.69, 9.17) is 24.1 Å². The first kappa shape index (κ1) is 10.9. The van der Waals surface area contributed by atoms with Crippen LogP contribution in [0.15, 0.2) is 24.5 Å². The molecule has 0 aliphatic heterocycles. The second-order valence-corrected chi connectivity index (χ2v) is 4.68. The molecule has 1 heterocycles. The molecule has 1 aromatic heterocycles. The Labute approximate surface area is 81.5 Å². The van der Waals surface area contributed by atoms with Gasteiger partial charge in [-0.3, -0.25) is 4.98 Å². The average molecular weight is 370 g/mol. The van der Waals surface area contributed by atoms with Gasteiger partial charge in [0.1, 0.15) is 0 Å². The van der Waals surface area contributed by atoms with E-state index in [0.29, 0.717) is 5.56 Å². The summed E-state index contributed by atoms with van der Waals surface area (Å²) in [5.41, 5.74) is 0.653. The van der Waals surface area contributed by atoms with Crippen molar-refractivity contribution in [2.75, 3.05) is 0 Å². The van der Waals surface area contributed by atoms with Crippen LogP contribution in [0.1, 0.15) is 5.56 Å². The molecule has 0 fully saturated rings. The van der Waals surface area contributed by atoms with Gasteiger partial charge in [-0.05, 0) is 12.1 Å². The Morgan fingerprint density at radius 3 is 2.09 bits per heavy atom. The molecule has 0 aromatic carbocycles. The van der Waals surface area contributed by atoms with Gasteiger partial charge in [0.25, 0.3) is 0 Å². The Kier molecular flexibility index (Phi) is 7.94. The van der Waals surface area contributed by atoms with Crippen molar-refractivity contribution in [1.82, 2.24) is 4.98 Å². The summed E-state index contributed by atoms with van der Waals surface area (Å²) in [7, 11) is 9.75.